The molecule has 2 N–H and O–H groups in total. The van der Waals surface area contributed by atoms with E-state index in [2.05, 4.69) is 4.98 Å². The van der Waals surface area contributed by atoms with Gasteiger partial charge >= 0.3 is 0 Å². The molecule has 2 atom stereocenters. The van der Waals surface area contributed by atoms with Crippen molar-refractivity contribution in [2.75, 3.05) is 46.5 Å². The van der Waals surface area contributed by atoms with Gasteiger partial charge in [-0.15, -0.1) is 0 Å². The Morgan fingerprint density at radius 1 is 1.18 bits per heavy atom. The number of hydrogen-bond donors (Lipinski definition) is 1. The number of benzene rings is 1. The molecule has 2 saturated heterocycles. The smallest absolute Gasteiger partial charge is 0.291 e. The van der Waals surface area contributed by atoms with Crippen molar-refractivity contribution in [2.45, 2.75) is 19.4 Å². The van der Waals surface area contributed by atoms with Crippen LogP contribution in [0.3, 0.4) is 0 Å². The van der Waals surface area contributed by atoms with Gasteiger partial charge in [0.1, 0.15) is 24.8 Å². The minimum absolute atomic E-state index is 0.335. The van der Waals surface area contributed by atoms with Crippen LogP contribution in [-0.2, 0) is 14.3 Å². The quantitative estimate of drug-likeness (QED) is 0.347. The van der Waals surface area contributed by atoms with Crippen LogP contribution in [0.5, 0.6) is 5.75 Å². The number of morpholine rings is 1. The van der Waals surface area contributed by atoms with Crippen LogP contribution < -0.4 is 14.6 Å². The van der Waals surface area contributed by atoms with E-state index in [1.807, 2.05) is 19.1 Å². The Bertz CT molecular complexity index is 1020. The number of aromatic nitrogens is 1. The summed E-state index contributed by atoms with van der Waals surface area (Å²) >= 11 is 0. The van der Waals surface area contributed by atoms with Crippen LogP contribution >= 0.6 is 0 Å². The number of carbonyl (C=O) groups is 3. The number of nitrogens with zero attached hydrogens (tertiary/aromatic N) is 1. The van der Waals surface area contributed by atoms with Crippen molar-refractivity contribution in [3.8, 4) is 5.75 Å². The third-order valence-electron chi connectivity index (χ3n) is 6.58. The van der Waals surface area contributed by atoms with Crippen molar-refractivity contribution < 1.29 is 33.7 Å². The minimum Gasteiger partial charge on any atom is -0.496 e. The predicted octanol–water partition coefficient (Wildman–Crippen LogP) is 0.0744. The Morgan fingerprint density at radius 3 is 2.58 bits per heavy atom. The summed E-state index contributed by atoms with van der Waals surface area (Å²) in [7, 11) is 1.57. The number of H-pyrrole nitrogens is 1. The van der Waals surface area contributed by atoms with Crippen LogP contribution in [0, 0.1) is 12.8 Å². The number of aromatic amines is 1. The molecular weight excluding hydrogens is 422 g/mol. The molecule has 8 nitrogen and oxygen atoms in total. The number of nitrogens with one attached hydrogen (secondary N) is 2. The summed E-state index contributed by atoms with van der Waals surface area (Å²) in [6.45, 7) is 6.57. The largest absolute Gasteiger partial charge is 0.496 e. The molecule has 2 aliphatic heterocycles. The van der Waals surface area contributed by atoms with Crippen molar-refractivity contribution in [3.63, 3.8) is 0 Å². The first-order chi connectivity index (χ1) is 16.0. The zero-order valence-electron chi connectivity index (χ0n) is 19.1. The molecule has 33 heavy (non-hydrogen) atoms. The second-order valence-electron chi connectivity index (χ2n) is 8.63. The molecule has 1 aromatic carbocycles. The Labute approximate surface area is 193 Å². The first-order valence-electron chi connectivity index (χ1n) is 11.4. The average Bonchev–Trinajstić information content (AvgIpc) is 3.10. The van der Waals surface area contributed by atoms with Crippen LogP contribution in [0.1, 0.15) is 33.9 Å². The van der Waals surface area contributed by atoms with Crippen LogP contribution in [0.2, 0.25) is 0 Å². The van der Waals surface area contributed by atoms with Gasteiger partial charge < -0.3 is 19.3 Å². The van der Waals surface area contributed by atoms with Crippen LogP contribution in [-0.4, -0.2) is 68.9 Å². The number of pyridine rings is 1. The normalized spacial score (nSPS) is 21.5. The van der Waals surface area contributed by atoms with E-state index in [9.17, 15) is 14.4 Å². The number of methoxy groups -OCH3 is 1. The summed E-state index contributed by atoms with van der Waals surface area (Å²) in [6.07, 6.45) is 4.25. The van der Waals surface area contributed by atoms with Crippen LogP contribution in [0.15, 0.2) is 42.7 Å². The van der Waals surface area contributed by atoms with E-state index in [1.54, 1.807) is 42.6 Å². The van der Waals surface area contributed by atoms with E-state index < -0.39 is 23.7 Å². The number of amides is 1. The third-order valence-corrected chi connectivity index (χ3v) is 6.58. The molecule has 3 heterocycles. The Kier molecular flexibility index (Phi) is 7.15. The second kappa shape index (κ2) is 10.2. The van der Waals surface area contributed by atoms with Gasteiger partial charge in [-0.2, -0.15) is 0 Å². The highest BCUT2D eigenvalue weighted by molar-refractivity contribution is 6.44. The van der Waals surface area contributed by atoms with E-state index in [1.165, 1.54) is 4.90 Å². The van der Waals surface area contributed by atoms with Gasteiger partial charge in [0.05, 0.1) is 32.9 Å². The van der Waals surface area contributed by atoms with E-state index in [0.29, 0.717) is 17.9 Å². The van der Waals surface area contributed by atoms with Crippen molar-refractivity contribution in [1.82, 2.24) is 4.90 Å². The number of ether oxygens (including phenoxy) is 2. The summed E-state index contributed by atoms with van der Waals surface area (Å²) < 4.78 is 10.7. The summed E-state index contributed by atoms with van der Waals surface area (Å²) in [6, 6.07) is 8.14. The monoisotopic (exact) mass is 453 g/mol. The van der Waals surface area contributed by atoms with Crippen molar-refractivity contribution in [2.24, 2.45) is 5.92 Å². The zero-order chi connectivity index (χ0) is 23.4. The molecule has 0 radical (unpaired) electrons. The Hall–Kier alpha value is -3.10. The number of Topliss-reactive ketones (excluding diaryl/α,β-unsaturated/α-hetero) is 2. The molecule has 0 saturated carbocycles. The number of rotatable bonds is 8. The summed E-state index contributed by atoms with van der Waals surface area (Å²) in [5.41, 5.74) is 1.98. The van der Waals surface area contributed by atoms with Crippen molar-refractivity contribution in [1.29, 1.82) is 0 Å². The van der Waals surface area contributed by atoms with Crippen LogP contribution in [0.4, 0.5) is 0 Å². The molecule has 4 rings (SSSR count). The maximum Gasteiger partial charge on any atom is 0.291 e. The number of ketones is 2. The Balaban J connectivity index is 1.59. The van der Waals surface area contributed by atoms with Gasteiger partial charge in [0.15, 0.2) is 18.2 Å². The van der Waals surface area contributed by atoms with Gasteiger partial charge in [-0.25, -0.2) is 4.98 Å². The highest BCUT2D eigenvalue weighted by Gasteiger charge is 2.51. The Morgan fingerprint density at radius 2 is 1.91 bits per heavy atom. The molecule has 0 spiro atoms. The van der Waals surface area contributed by atoms with Gasteiger partial charge in [0.25, 0.3) is 5.91 Å². The maximum atomic E-state index is 13.5. The van der Waals surface area contributed by atoms with E-state index in [4.69, 9.17) is 9.47 Å². The fraction of sp³-hybridized carbons (Fsp3) is 0.440. The molecule has 2 unspecified atom stereocenters. The highest BCUT2D eigenvalue weighted by atomic mass is 16.5. The lowest BCUT2D eigenvalue weighted by Gasteiger charge is -2.28. The van der Waals surface area contributed by atoms with Gasteiger partial charge in [0, 0.05) is 30.7 Å². The van der Waals surface area contributed by atoms with Gasteiger partial charge in [-0.3, -0.25) is 14.4 Å². The van der Waals surface area contributed by atoms with Gasteiger partial charge in [0.2, 0.25) is 5.78 Å². The van der Waals surface area contributed by atoms with E-state index in [0.717, 1.165) is 50.4 Å². The van der Waals surface area contributed by atoms with Crippen LogP contribution in [0.25, 0.3) is 0 Å². The first kappa shape index (κ1) is 23.1. The number of aryl methyl sites for hydroxylation is 1. The molecule has 1 aromatic heterocycles. The summed E-state index contributed by atoms with van der Waals surface area (Å²) in [5.74, 6) is -1.94. The standard InChI is InChI=1S/C25H29N3O5/c1-17-16-19(4-5-20(17)32-2)23(29)21-22(18-6-8-26-9-7-18)28(25(31)24(21)30)11-3-10-27-12-14-33-15-13-27/h4-9,16,21-22H,3,10-15H2,1-2H3/p+2. The molecule has 1 amide bonds. The minimum atomic E-state index is -1.07. The second-order valence-corrected chi connectivity index (χ2v) is 8.63. The molecule has 2 aliphatic rings. The number of carbonyl (C=O) groups excluding carboxylic acids is 3. The van der Waals surface area contributed by atoms with Crippen molar-refractivity contribution in [3.05, 3.63) is 59.4 Å². The molecule has 174 valence electrons. The third kappa shape index (κ3) is 4.82. The van der Waals surface area contributed by atoms with Gasteiger partial charge in [-0.05, 0) is 36.2 Å². The lowest BCUT2D eigenvalue weighted by atomic mass is 9.86. The number of hydrogen-bond acceptors (Lipinski definition) is 5. The molecule has 2 aromatic rings. The lowest BCUT2D eigenvalue weighted by Crippen LogP contribution is -3.14. The van der Waals surface area contributed by atoms with Crippen molar-refractivity contribution >= 4 is 17.5 Å². The molecule has 2 fully saturated rings. The fourth-order valence-electron chi connectivity index (χ4n) is 4.82. The highest BCUT2D eigenvalue weighted by Crippen LogP contribution is 2.38. The number of quaternary nitrogens is 1. The lowest BCUT2D eigenvalue weighted by molar-refractivity contribution is -0.908. The zero-order valence-corrected chi connectivity index (χ0v) is 19.1. The fourth-order valence-corrected chi connectivity index (χ4v) is 4.82. The van der Waals surface area contributed by atoms with Gasteiger partial charge in [-0.1, -0.05) is 0 Å². The molecule has 0 bridgehead atoms. The summed E-state index contributed by atoms with van der Waals surface area (Å²) in [4.78, 5) is 45.7. The molecular formula is C25H31N3O5+2. The summed E-state index contributed by atoms with van der Waals surface area (Å²) in [5, 5.41) is 0. The average molecular weight is 454 g/mol. The van der Waals surface area contributed by atoms with E-state index >= 15 is 0 Å². The first-order valence-corrected chi connectivity index (χ1v) is 11.4. The molecule has 0 aliphatic carbocycles. The van der Waals surface area contributed by atoms with E-state index in [-0.39, 0.29) is 5.78 Å². The maximum absolute atomic E-state index is 13.5. The SMILES string of the molecule is COc1ccc(C(=O)C2C(=O)C(=O)N(CCC[NH+]3CCOCC3)C2c2cc[nH+]cc2)cc1C. The predicted molar refractivity (Wildman–Crippen MR) is 119 cm³/mol. The molecule has 8 heteroatoms. The number of likely N-dealkylation sites (tertiary alicyclic amines) is 1. The topological polar surface area (TPSA) is 91.5 Å².